The Balaban J connectivity index is 2.66. The number of ether oxygens (including phenoxy) is 1. The molecule has 0 spiro atoms. The summed E-state index contributed by atoms with van der Waals surface area (Å²) in [5.74, 6) is 0.902. The molecule has 0 saturated carbocycles. The van der Waals surface area contributed by atoms with E-state index in [4.69, 9.17) is 4.74 Å². The summed E-state index contributed by atoms with van der Waals surface area (Å²) in [7, 11) is 0. The molecule has 1 N–H and O–H groups in total. The third kappa shape index (κ3) is 2.42. The van der Waals surface area contributed by atoms with Crippen molar-refractivity contribution in [2.75, 3.05) is 10.9 Å². The first kappa shape index (κ1) is 8.40. The van der Waals surface area contributed by atoms with Gasteiger partial charge in [-0.2, -0.15) is 0 Å². The molecule has 0 heterocycles. The molecule has 11 heavy (non-hydrogen) atoms. The summed E-state index contributed by atoms with van der Waals surface area (Å²) < 4.78 is 8.12. The molecule has 0 aliphatic heterocycles. The van der Waals surface area contributed by atoms with Crippen LogP contribution >= 0.6 is 16.1 Å². The number of hydrogen-bond donors (Lipinski definition) is 1. The Labute approximate surface area is 74.9 Å². The number of anilines is 1. The monoisotopic (exact) mass is 215 g/mol. The van der Waals surface area contributed by atoms with Crippen molar-refractivity contribution in [3.63, 3.8) is 0 Å². The van der Waals surface area contributed by atoms with Crippen LogP contribution in [0, 0.1) is 0 Å². The molecular formula is C8H10BrNO. The van der Waals surface area contributed by atoms with Crippen LogP contribution in [0.15, 0.2) is 24.3 Å². The molecule has 0 aliphatic carbocycles. The van der Waals surface area contributed by atoms with E-state index < -0.39 is 0 Å². The molecule has 0 fully saturated rings. The summed E-state index contributed by atoms with van der Waals surface area (Å²) >= 11 is 3.13. The highest BCUT2D eigenvalue weighted by molar-refractivity contribution is 9.10. The predicted molar refractivity (Wildman–Crippen MR) is 50.2 cm³/mol. The van der Waals surface area contributed by atoms with Gasteiger partial charge in [0.25, 0.3) is 0 Å². The van der Waals surface area contributed by atoms with Crippen molar-refractivity contribution in [1.29, 1.82) is 0 Å². The summed E-state index contributed by atoms with van der Waals surface area (Å²) in [6, 6.07) is 7.74. The molecule has 0 bridgehead atoms. The molecule has 1 rings (SSSR count). The highest BCUT2D eigenvalue weighted by atomic mass is 79.9. The summed E-state index contributed by atoms with van der Waals surface area (Å²) in [5.41, 5.74) is 1.02. The third-order valence-electron chi connectivity index (χ3n) is 1.27. The van der Waals surface area contributed by atoms with Gasteiger partial charge in [-0.15, -0.1) is 0 Å². The van der Waals surface area contributed by atoms with Gasteiger partial charge in [0.05, 0.1) is 6.61 Å². The maximum absolute atomic E-state index is 5.26. The molecule has 1 aromatic rings. The normalized spacial score (nSPS) is 9.27. The van der Waals surface area contributed by atoms with Gasteiger partial charge in [-0.3, -0.25) is 0 Å². The maximum Gasteiger partial charge on any atom is 0.119 e. The molecule has 0 radical (unpaired) electrons. The quantitative estimate of drug-likeness (QED) is 0.784. The van der Waals surface area contributed by atoms with E-state index in [-0.39, 0.29) is 0 Å². The fourth-order valence-corrected chi connectivity index (χ4v) is 1.05. The third-order valence-corrected chi connectivity index (χ3v) is 1.73. The number of rotatable bonds is 3. The van der Waals surface area contributed by atoms with Gasteiger partial charge in [0, 0.05) is 21.8 Å². The molecule has 2 nitrogen and oxygen atoms in total. The highest BCUT2D eigenvalue weighted by Gasteiger charge is 1.90. The summed E-state index contributed by atoms with van der Waals surface area (Å²) in [6.07, 6.45) is 0. The fourth-order valence-electron chi connectivity index (χ4n) is 0.781. The molecule has 0 aromatic heterocycles. The Bertz CT molecular complexity index is 210. The van der Waals surface area contributed by atoms with E-state index in [0.717, 1.165) is 11.4 Å². The molecule has 0 saturated heterocycles. The van der Waals surface area contributed by atoms with Crippen molar-refractivity contribution in [2.45, 2.75) is 6.92 Å². The van der Waals surface area contributed by atoms with Crippen molar-refractivity contribution >= 4 is 21.8 Å². The predicted octanol–water partition coefficient (Wildman–Crippen LogP) is 2.81. The van der Waals surface area contributed by atoms with E-state index >= 15 is 0 Å². The molecule has 60 valence electrons. The Kier molecular flexibility index (Phi) is 3.23. The number of hydrogen-bond acceptors (Lipinski definition) is 2. The Morgan fingerprint density at radius 2 is 2.00 bits per heavy atom. The fraction of sp³-hybridized carbons (Fsp3) is 0.250. The second kappa shape index (κ2) is 4.23. The minimum absolute atomic E-state index is 0.709. The topological polar surface area (TPSA) is 21.3 Å². The standard InChI is InChI=1S/C8H10BrNO/c1-2-11-8-5-3-7(10-9)4-6-8/h3-6,10H,2H2,1H3. The van der Waals surface area contributed by atoms with Crippen LogP contribution in [0.2, 0.25) is 0 Å². The van der Waals surface area contributed by atoms with Crippen LogP contribution < -0.4 is 9.08 Å². The summed E-state index contributed by atoms with van der Waals surface area (Å²) in [6.45, 7) is 2.68. The van der Waals surface area contributed by atoms with Gasteiger partial charge in [-0.05, 0) is 31.2 Å². The Morgan fingerprint density at radius 1 is 1.36 bits per heavy atom. The lowest BCUT2D eigenvalue weighted by atomic mass is 10.3. The van der Waals surface area contributed by atoms with Crippen LogP contribution in [0.1, 0.15) is 6.92 Å². The van der Waals surface area contributed by atoms with E-state index in [1.54, 1.807) is 0 Å². The van der Waals surface area contributed by atoms with E-state index in [1.165, 1.54) is 0 Å². The summed E-state index contributed by atoms with van der Waals surface area (Å²) in [5, 5.41) is 0. The molecular weight excluding hydrogens is 206 g/mol. The molecule has 0 aliphatic rings. The number of nitrogens with one attached hydrogen (secondary N) is 1. The van der Waals surface area contributed by atoms with Crippen molar-refractivity contribution in [3.8, 4) is 5.75 Å². The van der Waals surface area contributed by atoms with Gasteiger partial charge in [0.2, 0.25) is 0 Å². The zero-order valence-electron chi connectivity index (χ0n) is 6.30. The van der Waals surface area contributed by atoms with Crippen LogP contribution in [0.3, 0.4) is 0 Å². The Morgan fingerprint density at radius 3 is 2.45 bits per heavy atom. The average Bonchev–Trinajstić information content (AvgIpc) is 2.07. The first-order valence-corrected chi connectivity index (χ1v) is 4.25. The molecule has 0 atom stereocenters. The second-order valence-electron chi connectivity index (χ2n) is 2.05. The van der Waals surface area contributed by atoms with E-state index in [0.29, 0.717) is 6.61 Å². The summed E-state index contributed by atoms with van der Waals surface area (Å²) in [4.78, 5) is 0. The van der Waals surface area contributed by atoms with Crippen LogP contribution in [-0.2, 0) is 0 Å². The lowest BCUT2D eigenvalue weighted by Gasteiger charge is -2.02. The minimum atomic E-state index is 0.709. The first-order chi connectivity index (χ1) is 5.36. The van der Waals surface area contributed by atoms with Gasteiger partial charge in [0.1, 0.15) is 5.75 Å². The zero-order valence-corrected chi connectivity index (χ0v) is 7.89. The van der Waals surface area contributed by atoms with Crippen molar-refractivity contribution < 1.29 is 4.74 Å². The van der Waals surface area contributed by atoms with Gasteiger partial charge in [-0.25, -0.2) is 0 Å². The molecule has 0 amide bonds. The molecule has 0 unspecified atom stereocenters. The van der Waals surface area contributed by atoms with Gasteiger partial charge >= 0.3 is 0 Å². The largest absolute Gasteiger partial charge is 0.494 e. The Hall–Kier alpha value is -0.700. The van der Waals surface area contributed by atoms with E-state index in [2.05, 4.69) is 20.5 Å². The van der Waals surface area contributed by atoms with Crippen LogP contribution in [0.4, 0.5) is 5.69 Å². The van der Waals surface area contributed by atoms with Crippen LogP contribution in [0.25, 0.3) is 0 Å². The van der Waals surface area contributed by atoms with Crippen molar-refractivity contribution in [3.05, 3.63) is 24.3 Å². The zero-order chi connectivity index (χ0) is 8.10. The van der Waals surface area contributed by atoms with Gasteiger partial charge in [0.15, 0.2) is 0 Å². The molecule has 3 heteroatoms. The number of benzene rings is 1. The van der Waals surface area contributed by atoms with Crippen LogP contribution in [-0.4, -0.2) is 6.61 Å². The maximum atomic E-state index is 5.26. The highest BCUT2D eigenvalue weighted by Crippen LogP contribution is 2.15. The minimum Gasteiger partial charge on any atom is -0.494 e. The van der Waals surface area contributed by atoms with E-state index in [1.807, 2.05) is 31.2 Å². The van der Waals surface area contributed by atoms with Gasteiger partial charge in [-0.1, -0.05) is 0 Å². The van der Waals surface area contributed by atoms with Crippen LogP contribution in [0.5, 0.6) is 5.75 Å². The smallest absolute Gasteiger partial charge is 0.119 e. The van der Waals surface area contributed by atoms with Gasteiger partial charge < -0.3 is 9.08 Å². The van der Waals surface area contributed by atoms with E-state index in [9.17, 15) is 0 Å². The lowest BCUT2D eigenvalue weighted by molar-refractivity contribution is 0.340. The lowest BCUT2D eigenvalue weighted by Crippen LogP contribution is -1.90. The average molecular weight is 216 g/mol. The van der Waals surface area contributed by atoms with Crippen molar-refractivity contribution in [1.82, 2.24) is 0 Å². The molecule has 1 aromatic carbocycles. The van der Waals surface area contributed by atoms with Crippen molar-refractivity contribution in [2.24, 2.45) is 0 Å². The second-order valence-corrected chi connectivity index (χ2v) is 2.45. The first-order valence-electron chi connectivity index (χ1n) is 3.46. The number of halogens is 1. The SMILES string of the molecule is CCOc1ccc(NBr)cc1.